The minimum atomic E-state index is 0.278. The topological polar surface area (TPSA) is 38.5 Å². The van der Waals surface area contributed by atoms with Crippen LogP contribution >= 0.6 is 0 Å². The summed E-state index contributed by atoms with van der Waals surface area (Å²) < 4.78 is 5.14. The van der Waals surface area contributed by atoms with Gasteiger partial charge in [0.1, 0.15) is 0 Å². The molecule has 0 aromatic heterocycles. The van der Waals surface area contributed by atoms with Crippen LogP contribution in [0.3, 0.4) is 0 Å². The first-order valence-electron chi connectivity index (χ1n) is 6.02. The average Bonchev–Trinajstić information content (AvgIpc) is 3.02. The van der Waals surface area contributed by atoms with E-state index >= 15 is 0 Å². The summed E-state index contributed by atoms with van der Waals surface area (Å²) in [7, 11) is 1.77. The molecule has 0 spiro atoms. The molecule has 0 radical (unpaired) electrons. The van der Waals surface area contributed by atoms with E-state index in [0.717, 1.165) is 32.3 Å². The van der Waals surface area contributed by atoms with Crippen LogP contribution in [0.5, 0.6) is 0 Å². The molecule has 2 N–H and O–H groups in total. The third-order valence-corrected chi connectivity index (χ3v) is 3.27. The zero-order valence-corrected chi connectivity index (χ0v) is 10.5. The highest BCUT2D eigenvalue weighted by atomic mass is 16.5. The van der Waals surface area contributed by atoms with Crippen LogP contribution in [-0.4, -0.2) is 44.3 Å². The fourth-order valence-corrected chi connectivity index (χ4v) is 1.67. The average molecular weight is 214 g/mol. The lowest BCUT2D eigenvalue weighted by atomic mass is 9.89. The van der Waals surface area contributed by atoms with Crippen LogP contribution in [0.15, 0.2) is 0 Å². The second kappa shape index (κ2) is 5.83. The molecule has 0 heterocycles. The molecular formula is C12H26N2O. The predicted molar refractivity (Wildman–Crippen MR) is 63.9 cm³/mol. The fourth-order valence-electron chi connectivity index (χ4n) is 1.67. The van der Waals surface area contributed by atoms with E-state index in [2.05, 4.69) is 18.7 Å². The number of ether oxygens (including phenoxy) is 1. The first-order chi connectivity index (χ1) is 7.09. The van der Waals surface area contributed by atoms with Gasteiger partial charge in [-0.3, -0.25) is 4.90 Å². The molecule has 1 rings (SSSR count). The maximum atomic E-state index is 5.74. The summed E-state index contributed by atoms with van der Waals surface area (Å²) in [6, 6.07) is 0.828. The van der Waals surface area contributed by atoms with Gasteiger partial charge in [0.2, 0.25) is 0 Å². The Morgan fingerprint density at radius 2 is 2.00 bits per heavy atom. The lowest BCUT2D eigenvalue weighted by molar-refractivity contribution is 0.133. The van der Waals surface area contributed by atoms with E-state index in [-0.39, 0.29) is 5.41 Å². The van der Waals surface area contributed by atoms with Crippen molar-refractivity contribution in [2.75, 3.05) is 33.4 Å². The molecule has 0 amide bonds. The number of rotatable bonds is 8. The second-order valence-electron chi connectivity index (χ2n) is 5.38. The largest absolute Gasteiger partial charge is 0.383 e. The molecule has 1 saturated carbocycles. The molecule has 0 aromatic carbocycles. The van der Waals surface area contributed by atoms with Gasteiger partial charge in [-0.1, -0.05) is 13.8 Å². The molecule has 3 heteroatoms. The maximum Gasteiger partial charge on any atom is 0.0589 e. The highest BCUT2D eigenvalue weighted by Gasteiger charge is 2.29. The maximum absolute atomic E-state index is 5.74. The van der Waals surface area contributed by atoms with Crippen LogP contribution in [-0.2, 0) is 4.74 Å². The van der Waals surface area contributed by atoms with E-state index in [4.69, 9.17) is 10.5 Å². The highest BCUT2D eigenvalue weighted by Crippen LogP contribution is 2.28. The number of hydrogen-bond acceptors (Lipinski definition) is 3. The van der Waals surface area contributed by atoms with Gasteiger partial charge in [0.15, 0.2) is 0 Å². The van der Waals surface area contributed by atoms with Crippen LogP contribution in [0.25, 0.3) is 0 Å². The molecule has 1 aliphatic carbocycles. The fraction of sp³-hybridized carbons (Fsp3) is 1.00. The van der Waals surface area contributed by atoms with E-state index < -0.39 is 0 Å². The van der Waals surface area contributed by atoms with Crippen molar-refractivity contribution in [2.24, 2.45) is 11.1 Å². The van der Waals surface area contributed by atoms with E-state index in [1.165, 1.54) is 19.3 Å². The Kier molecular flexibility index (Phi) is 5.03. The Labute approximate surface area is 94.0 Å². The van der Waals surface area contributed by atoms with Crippen LogP contribution in [0.2, 0.25) is 0 Å². The zero-order valence-electron chi connectivity index (χ0n) is 10.5. The molecule has 0 atom stereocenters. The monoisotopic (exact) mass is 214 g/mol. The van der Waals surface area contributed by atoms with Gasteiger partial charge in [-0.25, -0.2) is 0 Å². The molecule has 1 aliphatic rings. The summed E-state index contributed by atoms with van der Waals surface area (Å²) in [5.41, 5.74) is 6.02. The second-order valence-corrected chi connectivity index (χ2v) is 5.38. The summed E-state index contributed by atoms with van der Waals surface area (Å²) in [6.45, 7) is 8.35. The van der Waals surface area contributed by atoms with Gasteiger partial charge in [0.05, 0.1) is 6.61 Å². The van der Waals surface area contributed by atoms with Crippen LogP contribution in [0.4, 0.5) is 0 Å². The standard InChI is InChI=1S/C12H26N2O/c1-12(2,10-13)6-7-14(8-9-15-3)11-4-5-11/h11H,4-10,13H2,1-3H3. The Morgan fingerprint density at radius 1 is 1.33 bits per heavy atom. The molecule has 0 saturated heterocycles. The minimum absolute atomic E-state index is 0.278. The zero-order chi connectivity index (χ0) is 11.3. The molecule has 0 unspecified atom stereocenters. The van der Waals surface area contributed by atoms with Gasteiger partial charge in [-0.2, -0.15) is 0 Å². The van der Waals surface area contributed by atoms with E-state index in [9.17, 15) is 0 Å². The van der Waals surface area contributed by atoms with E-state index in [1.807, 2.05) is 0 Å². The lowest BCUT2D eigenvalue weighted by Gasteiger charge is -2.28. The third kappa shape index (κ3) is 4.96. The normalized spacial score (nSPS) is 17.4. The number of hydrogen-bond donors (Lipinski definition) is 1. The number of methoxy groups -OCH3 is 1. The molecule has 0 bridgehead atoms. The van der Waals surface area contributed by atoms with Crippen molar-refractivity contribution >= 4 is 0 Å². The van der Waals surface area contributed by atoms with Crippen molar-refractivity contribution in [1.82, 2.24) is 4.90 Å². The van der Waals surface area contributed by atoms with Crippen molar-refractivity contribution in [3.8, 4) is 0 Å². The Balaban J connectivity index is 2.25. The molecule has 15 heavy (non-hydrogen) atoms. The Morgan fingerprint density at radius 3 is 2.47 bits per heavy atom. The van der Waals surface area contributed by atoms with E-state index in [1.54, 1.807) is 7.11 Å². The smallest absolute Gasteiger partial charge is 0.0589 e. The van der Waals surface area contributed by atoms with Gasteiger partial charge in [-0.05, 0) is 37.8 Å². The SMILES string of the molecule is COCCN(CCC(C)(C)CN)C1CC1. The Hall–Kier alpha value is -0.120. The van der Waals surface area contributed by atoms with Gasteiger partial charge in [0, 0.05) is 19.7 Å². The highest BCUT2D eigenvalue weighted by molar-refractivity contribution is 4.85. The van der Waals surface area contributed by atoms with Crippen molar-refractivity contribution in [3.05, 3.63) is 0 Å². The summed E-state index contributed by atoms with van der Waals surface area (Å²) >= 11 is 0. The van der Waals surface area contributed by atoms with Gasteiger partial charge >= 0.3 is 0 Å². The lowest BCUT2D eigenvalue weighted by Crippen LogP contribution is -2.35. The summed E-state index contributed by atoms with van der Waals surface area (Å²) in [5.74, 6) is 0. The molecular weight excluding hydrogens is 188 g/mol. The first kappa shape index (κ1) is 12.9. The quantitative estimate of drug-likeness (QED) is 0.665. The van der Waals surface area contributed by atoms with Crippen LogP contribution in [0, 0.1) is 5.41 Å². The summed E-state index contributed by atoms with van der Waals surface area (Å²) in [4.78, 5) is 2.56. The molecule has 90 valence electrons. The summed E-state index contributed by atoms with van der Waals surface area (Å²) in [5, 5.41) is 0. The number of nitrogens with two attached hydrogens (primary N) is 1. The van der Waals surface area contributed by atoms with Crippen molar-refractivity contribution < 1.29 is 4.74 Å². The predicted octanol–water partition coefficient (Wildman–Crippen LogP) is 1.47. The first-order valence-corrected chi connectivity index (χ1v) is 6.02. The van der Waals surface area contributed by atoms with E-state index in [0.29, 0.717) is 0 Å². The van der Waals surface area contributed by atoms with Gasteiger partial charge in [0.25, 0.3) is 0 Å². The molecule has 3 nitrogen and oxygen atoms in total. The van der Waals surface area contributed by atoms with Crippen LogP contribution < -0.4 is 5.73 Å². The Bertz CT molecular complexity index is 178. The molecule has 0 aromatic rings. The molecule has 1 fully saturated rings. The van der Waals surface area contributed by atoms with Gasteiger partial charge in [-0.15, -0.1) is 0 Å². The van der Waals surface area contributed by atoms with Gasteiger partial charge < -0.3 is 10.5 Å². The van der Waals surface area contributed by atoms with Crippen LogP contribution in [0.1, 0.15) is 33.1 Å². The summed E-state index contributed by atoms with van der Waals surface area (Å²) in [6.07, 6.45) is 3.92. The van der Waals surface area contributed by atoms with Crippen molar-refractivity contribution in [2.45, 2.75) is 39.2 Å². The van der Waals surface area contributed by atoms with Crippen molar-refractivity contribution in [3.63, 3.8) is 0 Å². The van der Waals surface area contributed by atoms with Crippen molar-refractivity contribution in [1.29, 1.82) is 0 Å². The third-order valence-electron chi connectivity index (χ3n) is 3.27. The molecule has 0 aliphatic heterocycles. The minimum Gasteiger partial charge on any atom is -0.383 e. The number of nitrogens with zero attached hydrogens (tertiary/aromatic N) is 1.